The van der Waals surface area contributed by atoms with Gasteiger partial charge in [0.1, 0.15) is 0 Å². The van der Waals surface area contributed by atoms with Gasteiger partial charge in [0, 0.05) is 25.1 Å². The van der Waals surface area contributed by atoms with E-state index in [1.54, 1.807) is 12.1 Å². The van der Waals surface area contributed by atoms with Crippen molar-refractivity contribution < 1.29 is 34.4 Å². The van der Waals surface area contributed by atoms with Crippen molar-refractivity contribution in [1.82, 2.24) is 5.32 Å². The maximum absolute atomic E-state index is 11.8. The number of anilines is 1. The number of ether oxygens (including phenoxy) is 1. The van der Waals surface area contributed by atoms with E-state index in [-0.39, 0.29) is 5.97 Å². The second kappa shape index (κ2) is 19.9. The zero-order chi connectivity index (χ0) is 29.0. The summed E-state index contributed by atoms with van der Waals surface area (Å²) < 4.78 is 5.30. The standard InChI is InChI=1S/C24H32Cl2N2O3.C4H4O4/c25-20-15-19(16-21(26)24(20)27)22(29)17-28-13-7-2-5-12-23(30)31-14-8-6-11-18-9-3-1-4-10-18;5-3(6)1-2-4(7)8/h1,3-4,9-10,15-16,22,28-29H,2,5-8,11-14,17,27H2;1-2H,(H,5,6)(H,7,8). The molecule has 0 saturated heterocycles. The Morgan fingerprint density at radius 2 is 1.54 bits per heavy atom. The van der Waals surface area contributed by atoms with Crippen LogP contribution >= 0.6 is 23.2 Å². The zero-order valence-corrected chi connectivity index (χ0v) is 23.2. The lowest BCUT2D eigenvalue weighted by Crippen LogP contribution is -2.22. The molecule has 0 amide bonds. The minimum atomic E-state index is -1.26. The Hall–Kier alpha value is -3.11. The first-order valence-electron chi connectivity index (χ1n) is 12.6. The number of aliphatic hydroxyl groups excluding tert-OH is 1. The molecule has 6 N–H and O–H groups in total. The number of carboxylic acid groups (broad SMARTS) is 2. The summed E-state index contributed by atoms with van der Waals surface area (Å²) in [5.41, 5.74) is 7.97. The summed E-state index contributed by atoms with van der Waals surface area (Å²) in [6, 6.07) is 13.6. The highest BCUT2D eigenvalue weighted by Crippen LogP contribution is 2.31. The number of halogens is 2. The highest BCUT2D eigenvalue weighted by molar-refractivity contribution is 6.38. The van der Waals surface area contributed by atoms with Crippen LogP contribution < -0.4 is 11.1 Å². The summed E-state index contributed by atoms with van der Waals surface area (Å²) >= 11 is 12.0. The minimum Gasteiger partial charge on any atom is -0.478 e. The van der Waals surface area contributed by atoms with E-state index in [0.29, 0.717) is 53.0 Å². The third-order valence-electron chi connectivity index (χ3n) is 5.39. The predicted octanol–water partition coefficient (Wildman–Crippen LogP) is 5.04. The van der Waals surface area contributed by atoms with Crippen LogP contribution in [-0.2, 0) is 25.5 Å². The molecule has 2 aromatic carbocycles. The number of esters is 1. The molecule has 0 radical (unpaired) electrons. The summed E-state index contributed by atoms with van der Waals surface area (Å²) in [5, 5.41) is 29.7. The molecule has 9 nitrogen and oxygen atoms in total. The second-order valence-electron chi connectivity index (χ2n) is 8.60. The van der Waals surface area contributed by atoms with E-state index < -0.39 is 18.0 Å². The smallest absolute Gasteiger partial charge is 0.328 e. The molecule has 39 heavy (non-hydrogen) atoms. The molecular formula is C28H36Cl2N2O7. The molecule has 1 unspecified atom stereocenters. The van der Waals surface area contributed by atoms with E-state index in [2.05, 4.69) is 17.4 Å². The maximum Gasteiger partial charge on any atom is 0.328 e. The highest BCUT2D eigenvalue weighted by atomic mass is 35.5. The van der Waals surface area contributed by atoms with Gasteiger partial charge in [-0.3, -0.25) is 4.79 Å². The first kappa shape index (κ1) is 33.9. The lowest BCUT2D eigenvalue weighted by Gasteiger charge is -2.14. The van der Waals surface area contributed by atoms with E-state index in [1.165, 1.54) is 5.56 Å². The number of rotatable bonds is 16. The summed E-state index contributed by atoms with van der Waals surface area (Å²) in [7, 11) is 0. The number of hydrogen-bond acceptors (Lipinski definition) is 7. The van der Waals surface area contributed by atoms with E-state index in [0.717, 1.165) is 45.1 Å². The SMILES string of the molecule is Nc1c(Cl)cc(C(O)CNCCCCCC(=O)OCCCCc2ccccc2)cc1Cl.O=C(O)C=CC(=O)O. The van der Waals surface area contributed by atoms with Gasteiger partial charge < -0.3 is 31.1 Å². The van der Waals surface area contributed by atoms with Gasteiger partial charge in [0.25, 0.3) is 0 Å². The molecule has 0 aliphatic heterocycles. The first-order valence-corrected chi connectivity index (χ1v) is 13.3. The van der Waals surface area contributed by atoms with E-state index >= 15 is 0 Å². The summed E-state index contributed by atoms with van der Waals surface area (Å²) in [6.07, 6.45) is 6.41. The molecule has 0 aliphatic carbocycles. The summed E-state index contributed by atoms with van der Waals surface area (Å²) in [5.74, 6) is -2.64. The van der Waals surface area contributed by atoms with Crippen LogP contribution in [0.4, 0.5) is 5.69 Å². The number of carbonyl (C=O) groups is 3. The fourth-order valence-electron chi connectivity index (χ4n) is 3.33. The molecular weight excluding hydrogens is 547 g/mol. The number of nitrogens with two attached hydrogens (primary N) is 1. The van der Waals surface area contributed by atoms with E-state index in [4.69, 9.17) is 43.9 Å². The summed E-state index contributed by atoms with van der Waals surface area (Å²) in [6.45, 7) is 1.63. The topological polar surface area (TPSA) is 159 Å². The normalized spacial score (nSPS) is 11.5. The second-order valence-corrected chi connectivity index (χ2v) is 9.42. The van der Waals surface area contributed by atoms with Crippen LogP contribution in [0.25, 0.3) is 0 Å². The van der Waals surface area contributed by atoms with Gasteiger partial charge in [-0.2, -0.15) is 0 Å². The average molecular weight is 584 g/mol. The van der Waals surface area contributed by atoms with Crippen molar-refractivity contribution in [2.75, 3.05) is 25.4 Å². The molecule has 0 fully saturated rings. The fourth-order valence-corrected chi connectivity index (χ4v) is 3.83. The molecule has 0 spiro atoms. The van der Waals surface area contributed by atoms with Crippen molar-refractivity contribution in [2.24, 2.45) is 0 Å². The Bertz CT molecular complexity index is 1030. The number of benzene rings is 2. The molecule has 2 aromatic rings. The Balaban J connectivity index is 0.000000824. The van der Waals surface area contributed by atoms with Crippen molar-refractivity contribution in [2.45, 2.75) is 51.0 Å². The number of aliphatic carboxylic acids is 2. The number of carboxylic acids is 2. The molecule has 214 valence electrons. The molecule has 0 aliphatic rings. The van der Waals surface area contributed by atoms with E-state index in [9.17, 15) is 19.5 Å². The Labute approximate surface area is 238 Å². The van der Waals surface area contributed by atoms with Crippen molar-refractivity contribution in [3.8, 4) is 0 Å². The average Bonchev–Trinajstić information content (AvgIpc) is 2.90. The number of hydrogen-bond donors (Lipinski definition) is 5. The first-order chi connectivity index (χ1) is 18.6. The zero-order valence-electron chi connectivity index (χ0n) is 21.7. The highest BCUT2D eigenvalue weighted by Gasteiger charge is 2.12. The van der Waals surface area contributed by atoms with Gasteiger partial charge in [0.05, 0.1) is 28.4 Å². The maximum atomic E-state index is 11.8. The number of nitrogens with one attached hydrogen (secondary N) is 1. The molecule has 0 saturated carbocycles. The summed E-state index contributed by atoms with van der Waals surface area (Å²) in [4.78, 5) is 30.9. The van der Waals surface area contributed by atoms with Gasteiger partial charge in [-0.15, -0.1) is 0 Å². The number of aryl methyl sites for hydroxylation is 1. The van der Waals surface area contributed by atoms with E-state index in [1.807, 2.05) is 18.2 Å². The monoisotopic (exact) mass is 582 g/mol. The third-order valence-corrected chi connectivity index (χ3v) is 6.02. The minimum absolute atomic E-state index is 0.125. The van der Waals surface area contributed by atoms with Gasteiger partial charge in [-0.05, 0) is 61.9 Å². The Kier molecular flexibility index (Phi) is 17.3. The number of nitrogen functional groups attached to an aromatic ring is 1. The number of aliphatic hydroxyl groups is 1. The van der Waals surface area contributed by atoms with Gasteiger partial charge >= 0.3 is 17.9 Å². The Morgan fingerprint density at radius 3 is 2.13 bits per heavy atom. The third kappa shape index (κ3) is 16.5. The van der Waals surface area contributed by atoms with Crippen LogP contribution in [0.5, 0.6) is 0 Å². The van der Waals surface area contributed by atoms with Crippen LogP contribution in [-0.4, -0.2) is 52.9 Å². The van der Waals surface area contributed by atoms with Gasteiger partial charge in [0.2, 0.25) is 0 Å². The molecule has 0 bridgehead atoms. The van der Waals surface area contributed by atoms with Gasteiger partial charge in [-0.25, -0.2) is 9.59 Å². The molecule has 1 atom stereocenters. The number of unbranched alkanes of at least 4 members (excludes halogenated alkanes) is 3. The van der Waals surface area contributed by atoms with Crippen molar-refractivity contribution in [3.63, 3.8) is 0 Å². The molecule has 0 heterocycles. The molecule has 0 aromatic heterocycles. The molecule has 2 rings (SSSR count). The van der Waals surface area contributed by atoms with Crippen molar-refractivity contribution in [1.29, 1.82) is 0 Å². The van der Waals surface area contributed by atoms with Crippen LogP contribution in [0.15, 0.2) is 54.6 Å². The molecule has 11 heteroatoms. The quantitative estimate of drug-likeness (QED) is 0.0790. The lowest BCUT2D eigenvalue weighted by molar-refractivity contribution is -0.144. The van der Waals surface area contributed by atoms with Gasteiger partial charge in [0.15, 0.2) is 0 Å². The van der Waals surface area contributed by atoms with Crippen molar-refractivity contribution >= 4 is 46.8 Å². The van der Waals surface area contributed by atoms with Crippen molar-refractivity contribution in [3.05, 3.63) is 75.8 Å². The Morgan fingerprint density at radius 1 is 0.923 bits per heavy atom. The van der Waals surface area contributed by atoms with Crippen LogP contribution in [0.1, 0.15) is 55.8 Å². The van der Waals surface area contributed by atoms with Crippen LogP contribution in [0, 0.1) is 0 Å². The fraction of sp³-hybridized carbons (Fsp3) is 0.393. The predicted molar refractivity (Wildman–Crippen MR) is 152 cm³/mol. The number of carbonyl (C=O) groups excluding carboxylic acids is 1. The van der Waals surface area contributed by atoms with Crippen LogP contribution in [0.3, 0.4) is 0 Å². The lowest BCUT2D eigenvalue weighted by atomic mass is 10.1. The van der Waals surface area contributed by atoms with Gasteiger partial charge in [-0.1, -0.05) is 60.0 Å². The van der Waals surface area contributed by atoms with Crippen LogP contribution in [0.2, 0.25) is 10.0 Å². The largest absolute Gasteiger partial charge is 0.478 e.